The van der Waals surface area contributed by atoms with Gasteiger partial charge in [0.2, 0.25) is 0 Å². The van der Waals surface area contributed by atoms with Crippen LogP contribution in [0.4, 0.5) is 5.82 Å². The summed E-state index contributed by atoms with van der Waals surface area (Å²) in [6.07, 6.45) is 9.26. The zero-order chi connectivity index (χ0) is 10.7. The maximum atomic E-state index is 5.37. The summed E-state index contributed by atoms with van der Waals surface area (Å²) in [5, 5.41) is 3.15. The Morgan fingerprint density at radius 1 is 1.53 bits per heavy atom. The standard InChI is InChI=1S/C10H11N5/c1-3-7(4-2)15-10-8-9(12-5-11-8)13-6-14-10/h1,5-7H,4H2,2H3,(H2,11,12,13,14,15). The third kappa shape index (κ3) is 1.74. The summed E-state index contributed by atoms with van der Waals surface area (Å²) >= 11 is 0. The number of hydrogen-bond donors (Lipinski definition) is 2. The summed E-state index contributed by atoms with van der Waals surface area (Å²) in [4.78, 5) is 15.2. The van der Waals surface area contributed by atoms with Crippen LogP contribution in [0.3, 0.4) is 0 Å². The molecule has 0 spiro atoms. The number of nitrogens with one attached hydrogen (secondary N) is 2. The minimum absolute atomic E-state index is 0.0219. The molecule has 0 aliphatic heterocycles. The highest BCUT2D eigenvalue weighted by atomic mass is 15.1. The van der Waals surface area contributed by atoms with Crippen molar-refractivity contribution in [3.8, 4) is 12.3 Å². The van der Waals surface area contributed by atoms with Crippen molar-refractivity contribution in [2.45, 2.75) is 19.4 Å². The molecule has 76 valence electrons. The van der Waals surface area contributed by atoms with Crippen molar-refractivity contribution >= 4 is 17.0 Å². The summed E-state index contributed by atoms with van der Waals surface area (Å²) in [6.45, 7) is 2.02. The van der Waals surface area contributed by atoms with E-state index < -0.39 is 0 Å². The molecule has 5 heteroatoms. The van der Waals surface area contributed by atoms with Crippen LogP contribution in [-0.2, 0) is 0 Å². The zero-order valence-corrected chi connectivity index (χ0v) is 8.36. The third-order valence-electron chi connectivity index (χ3n) is 2.14. The number of aromatic nitrogens is 4. The monoisotopic (exact) mass is 201 g/mol. The number of fused-ring (bicyclic) bond motifs is 1. The highest BCUT2D eigenvalue weighted by Gasteiger charge is 2.08. The van der Waals surface area contributed by atoms with E-state index in [9.17, 15) is 0 Å². The zero-order valence-electron chi connectivity index (χ0n) is 8.36. The first-order valence-corrected chi connectivity index (χ1v) is 4.72. The molecule has 2 aromatic heterocycles. The average Bonchev–Trinajstić information content (AvgIpc) is 2.74. The van der Waals surface area contributed by atoms with Crippen LogP contribution in [0.1, 0.15) is 13.3 Å². The molecule has 0 aromatic carbocycles. The van der Waals surface area contributed by atoms with Gasteiger partial charge < -0.3 is 10.3 Å². The lowest BCUT2D eigenvalue weighted by Gasteiger charge is -2.10. The molecule has 0 aliphatic rings. The van der Waals surface area contributed by atoms with Crippen LogP contribution in [0.5, 0.6) is 0 Å². The van der Waals surface area contributed by atoms with Crippen LogP contribution in [0.15, 0.2) is 12.7 Å². The first kappa shape index (κ1) is 9.46. The second kappa shape index (κ2) is 3.96. The molecule has 1 unspecified atom stereocenters. The summed E-state index contributed by atoms with van der Waals surface area (Å²) in [7, 11) is 0. The Labute approximate surface area is 87.4 Å². The summed E-state index contributed by atoms with van der Waals surface area (Å²) in [6, 6.07) is -0.0219. The molecule has 15 heavy (non-hydrogen) atoms. The molecule has 0 bridgehead atoms. The molecule has 0 saturated carbocycles. The van der Waals surface area contributed by atoms with Gasteiger partial charge >= 0.3 is 0 Å². The number of hydrogen-bond acceptors (Lipinski definition) is 4. The van der Waals surface area contributed by atoms with Gasteiger partial charge in [0.05, 0.1) is 12.4 Å². The van der Waals surface area contributed by atoms with E-state index in [2.05, 4.69) is 31.2 Å². The molecular weight excluding hydrogens is 190 g/mol. The maximum Gasteiger partial charge on any atom is 0.182 e. The number of anilines is 1. The van der Waals surface area contributed by atoms with Crippen molar-refractivity contribution in [1.82, 2.24) is 19.9 Å². The highest BCUT2D eigenvalue weighted by molar-refractivity contribution is 5.82. The molecule has 2 heterocycles. The van der Waals surface area contributed by atoms with Crippen molar-refractivity contribution in [3.63, 3.8) is 0 Å². The van der Waals surface area contributed by atoms with Gasteiger partial charge in [-0.15, -0.1) is 6.42 Å². The molecule has 0 radical (unpaired) electrons. The Hall–Kier alpha value is -2.09. The second-order valence-corrected chi connectivity index (χ2v) is 3.10. The SMILES string of the molecule is C#CC(CC)Nc1ncnc2nc[nH]c12. The summed E-state index contributed by atoms with van der Waals surface area (Å²) < 4.78 is 0. The van der Waals surface area contributed by atoms with Crippen molar-refractivity contribution in [1.29, 1.82) is 0 Å². The molecule has 0 fully saturated rings. The van der Waals surface area contributed by atoms with Gasteiger partial charge in [-0.25, -0.2) is 15.0 Å². The summed E-state index contributed by atoms with van der Waals surface area (Å²) in [5.41, 5.74) is 1.42. The summed E-state index contributed by atoms with van der Waals surface area (Å²) in [5.74, 6) is 3.35. The Morgan fingerprint density at radius 3 is 3.13 bits per heavy atom. The smallest absolute Gasteiger partial charge is 0.182 e. The van der Waals surface area contributed by atoms with E-state index in [0.717, 1.165) is 11.9 Å². The Morgan fingerprint density at radius 2 is 2.40 bits per heavy atom. The van der Waals surface area contributed by atoms with E-state index in [-0.39, 0.29) is 6.04 Å². The van der Waals surface area contributed by atoms with E-state index in [4.69, 9.17) is 6.42 Å². The lowest BCUT2D eigenvalue weighted by atomic mass is 10.2. The normalized spacial score (nSPS) is 12.3. The van der Waals surface area contributed by atoms with Crippen molar-refractivity contribution in [3.05, 3.63) is 12.7 Å². The Kier molecular flexibility index (Phi) is 2.50. The van der Waals surface area contributed by atoms with Crippen LogP contribution in [0, 0.1) is 12.3 Å². The van der Waals surface area contributed by atoms with Crippen LogP contribution in [-0.4, -0.2) is 26.0 Å². The van der Waals surface area contributed by atoms with Gasteiger partial charge in [0.1, 0.15) is 11.8 Å². The fraction of sp³-hybridized carbons (Fsp3) is 0.300. The van der Waals surface area contributed by atoms with E-state index in [1.165, 1.54) is 6.33 Å². The molecule has 5 nitrogen and oxygen atoms in total. The minimum atomic E-state index is -0.0219. The largest absolute Gasteiger partial charge is 0.355 e. The topological polar surface area (TPSA) is 66.5 Å². The van der Waals surface area contributed by atoms with Crippen LogP contribution < -0.4 is 5.32 Å². The quantitative estimate of drug-likeness (QED) is 0.732. The minimum Gasteiger partial charge on any atom is -0.355 e. The lowest BCUT2D eigenvalue weighted by Crippen LogP contribution is -2.16. The molecule has 0 aliphatic carbocycles. The molecule has 0 amide bonds. The fourth-order valence-electron chi connectivity index (χ4n) is 1.30. The van der Waals surface area contributed by atoms with Crippen LogP contribution >= 0.6 is 0 Å². The molecule has 0 saturated heterocycles. The third-order valence-corrected chi connectivity index (χ3v) is 2.14. The second-order valence-electron chi connectivity index (χ2n) is 3.10. The van der Waals surface area contributed by atoms with Gasteiger partial charge in [-0.1, -0.05) is 12.8 Å². The van der Waals surface area contributed by atoms with Gasteiger partial charge in [0, 0.05) is 0 Å². The number of rotatable bonds is 3. The predicted octanol–water partition coefficient (Wildman–Crippen LogP) is 1.18. The number of terminal acetylenes is 1. The van der Waals surface area contributed by atoms with E-state index in [0.29, 0.717) is 11.5 Å². The number of nitrogens with zero attached hydrogens (tertiary/aromatic N) is 3. The number of aromatic amines is 1. The van der Waals surface area contributed by atoms with Gasteiger partial charge in [-0.2, -0.15) is 0 Å². The van der Waals surface area contributed by atoms with Gasteiger partial charge in [-0.05, 0) is 6.42 Å². The highest BCUT2D eigenvalue weighted by Crippen LogP contribution is 2.15. The van der Waals surface area contributed by atoms with Crippen LogP contribution in [0.25, 0.3) is 11.2 Å². The Balaban J connectivity index is 2.35. The molecule has 2 aromatic rings. The predicted molar refractivity (Wildman–Crippen MR) is 58.2 cm³/mol. The van der Waals surface area contributed by atoms with E-state index in [1.807, 2.05) is 6.92 Å². The fourth-order valence-corrected chi connectivity index (χ4v) is 1.30. The van der Waals surface area contributed by atoms with E-state index >= 15 is 0 Å². The van der Waals surface area contributed by atoms with Crippen molar-refractivity contribution < 1.29 is 0 Å². The maximum absolute atomic E-state index is 5.37. The van der Waals surface area contributed by atoms with Crippen molar-refractivity contribution in [2.24, 2.45) is 0 Å². The van der Waals surface area contributed by atoms with Crippen molar-refractivity contribution in [2.75, 3.05) is 5.32 Å². The first-order valence-electron chi connectivity index (χ1n) is 4.72. The van der Waals surface area contributed by atoms with E-state index in [1.54, 1.807) is 6.33 Å². The molecular formula is C10H11N5. The van der Waals surface area contributed by atoms with Gasteiger partial charge in [0.25, 0.3) is 0 Å². The number of imidazole rings is 1. The number of H-pyrrole nitrogens is 1. The average molecular weight is 201 g/mol. The lowest BCUT2D eigenvalue weighted by molar-refractivity contribution is 0.851. The first-order chi connectivity index (χ1) is 7.35. The molecule has 2 rings (SSSR count). The Bertz CT molecular complexity index is 496. The van der Waals surface area contributed by atoms with Crippen LogP contribution in [0.2, 0.25) is 0 Å². The molecule has 2 N–H and O–H groups in total. The van der Waals surface area contributed by atoms with Gasteiger partial charge in [-0.3, -0.25) is 0 Å². The van der Waals surface area contributed by atoms with Gasteiger partial charge in [0.15, 0.2) is 11.5 Å². The molecule has 1 atom stereocenters.